The lowest BCUT2D eigenvalue weighted by molar-refractivity contribution is -0.139. The number of benzene rings is 2. The number of fused-ring (bicyclic) bond motifs is 2. The molecule has 1 saturated heterocycles. The van der Waals surface area contributed by atoms with Crippen LogP contribution in [0.5, 0.6) is 0 Å². The van der Waals surface area contributed by atoms with Gasteiger partial charge in [-0.2, -0.15) is 10.2 Å². The van der Waals surface area contributed by atoms with E-state index in [-0.39, 0.29) is 95.1 Å². The number of anilines is 4. The van der Waals surface area contributed by atoms with Gasteiger partial charge in [-0.05, 0) is 69.2 Å². The number of nitrogen functional groups attached to an aromatic ring is 1. The van der Waals surface area contributed by atoms with Crippen molar-refractivity contribution < 1.29 is 52.0 Å². The standard InChI is InChI=1S/C58H63ClF2N18O10/c1-34(42-25-36(27-62)3-9-43(42)60)69-51-48(59)35(2)68-46-26-44(61)49(72-50(46)51)38-28-66-58(67-29-38)78-13-11-77(12-14-78)47(80)33-89-24-23-88-22-21-87-20-19-86-18-17-85-16-15-79-32-40(75-76-79)8-10-45(56(83)84)71-54(81)37-4-6-39(7-5-37)64-30-41-31-65-53-52(70-41)55(82)74-57(63)73-53/h3-7,9,25-26,28-29,31-32,34,45,64H,8,10-24,30,33H2,1-2H3,(H,68,69)(H,71,81)(H,83,84)(H3,63,65,73,74,82)/t34-,45+/m1/s1. The number of ether oxygens (including phenoxy) is 5. The van der Waals surface area contributed by atoms with Crippen LogP contribution in [0.1, 0.15) is 58.0 Å². The smallest absolute Gasteiger partial charge is 0.326 e. The molecule has 0 spiro atoms. The van der Waals surface area contributed by atoms with Gasteiger partial charge in [-0.3, -0.25) is 19.4 Å². The topological polar surface area (TPSA) is 364 Å². The molecule has 2 atom stereocenters. The second kappa shape index (κ2) is 30.9. The number of aliphatic carboxylic acids is 1. The number of carbonyl (C=O) groups is 3. The van der Waals surface area contributed by atoms with Gasteiger partial charge in [0, 0.05) is 73.2 Å². The lowest BCUT2D eigenvalue weighted by atomic mass is 10.0. The third-order valence-electron chi connectivity index (χ3n) is 14.0. The average Bonchev–Trinajstić information content (AvgIpc) is 2.53. The van der Waals surface area contributed by atoms with Gasteiger partial charge in [0.2, 0.25) is 17.8 Å². The van der Waals surface area contributed by atoms with Crippen molar-refractivity contribution in [3.8, 4) is 17.3 Å². The first kappa shape index (κ1) is 64.0. The predicted octanol–water partition coefficient (Wildman–Crippen LogP) is 4.43. The van der Waals surface area contributed by atoms with Crippen molar-refractivity contribution in [2.75, 3.05) is 114 Å². The van der Waals surface area contributed by atoms with E-state index in [0.29, 0.717) is 125 Å². The summed E-state index contributed by atoms with van der Waals surface area (Å²) in [7, 11) is 0. The largest absolute Gasteiger partial charge is 0.480 e. The highest BCUT2D eigenvalue weighted by Gasteiger charge is 2.26. The Labute approximate surface area is 512 Å². The van der Waals surface area contributed by atoms with E-state index in [0.717, 1.165) is 0 Å². The fraction of sp³-hybridized carbons (Fsp3) is 0.379. The zero-order valence-corrected chi connectivity index (χ0v) is 49.2. The van der Waals surface area contributed by atoms with E-state index in [1.165, 1.54) is 42.9 Å². The third-order valence-corrected chi connectivity index (χ3v) is 14.4. The number of hydrogen-bond donors (Lipinski definition) is 6. The zero-order valence-electron chi connectivity index (χ0n) is 48.5. The number of aromatic nitrogens is 11. The van der Waals surface area contributed by atoms with Gasteiger partial charge in [-0.25, -0.2) is 48.2 Å². The molecule has 2 aromatic carbocycles. The van der Waals surface area contributed by atoms with E-state index in [1.807, 2.05) is 11.0 Å². The molecule has 31 heteroatoms. The summed E-state index contributed by atoms with van der Waals surface area (Å²) in [6.07, 6.45) is 6.44. The molecule has 1 aliphatic rings. The zero-order chi connectivity index (χ0) is 62.8. The Hall–Kier alpha value is -9.51. The summed E-state index contributed by atoms with van der Waals surface area (Å²) in [5.74, 6) is -2.73. The first-order valence-electron chi connectivity index (χ1n) is 28.2. The Morgan fingerprint density at radius 3 is 2.20 bits per heavy atom. The number of carboxylic acid groups (broad SMARTS) is 1. The van der Waals surface area contributed by atoms with E-state index in [2.05, 4.69) is 66.1 Å². The third kappa shape index (κ3) is 17.4. The molecule has 466 valence electrons. The maximum absolute atomic E-state index is 15.6. The van der Waals surface area contributed by atoms with Crippen molar-refractivity contribution >= 4 is 74.9 Å². The minimum Gasteiger partial charge on any atom is -0.480 e. The molecule has 1 fully saturated rings. The molecular weight excluding hydrogens is 1180 g/mol. The molecule has 0 saturated carbocycles. The summed E-state index contributed by atoms with van der Waals surface area (Å²) in [6.45, 7) is 8.58. The van der Waals surface area contributed by atoms with Crippen molar-refractivity contribution in [3.63, 3.8) is 0 Å². The number of aryl methyl sites for hydroxylation is 2. The van der Waals surface area contributed by atoms with Gasteiger partial charge in [0.15, 0.2) is 17.0 Å². The minimum atomic E-state index is -1.19. The van der Waals surface area contributed by atoms with Crippen LogP contribution in [-0.4, -0.2) is 181 Å². The number of nitriles is 1. The van der Waals surface area contributed by atoms with Crippen molar-refractivity contribution in [2.45, 2.75) is 51.9 Å². The van der Waals surface area contributed by atoms with Crippen LogP contribution in [0, 0.1) is 29.9 Å². The van der Waals surface area contributed by atoms with E-state index < -0.39 is 41.2 Å². The molecule has 8 aromatic rings. The fourth-order valence-electron chi connectivity index (χ4n) is 9.23. The first-order chi connectivity index (χ1) is 43.1. The number of halogens is 3. The van der Waals surface area contributed by atoms with Crippen molar-refractivity contribution in [2.24, 2.45) is 0 Å². The van der Waals surface area contributed by atoms with Gasteiger partial charge in [0.05, 0.1) is 130 Å². The summed E-state index contributed by atoms with van der Waals surface area (Å²) in [5, 5.41) is 36.5. The lowest BCUT2D eigenvalue weighted by Gasteiger charge is -2.34. The molecule has 0 aliphatic carbocycles. The number of hydrogen-bond acceptors (Lipinski definition) is 23. The Balaban J connectivity index is 0.577. The number of aromatic amines is 1. The first-order valence-corrected chi connectivity index (χ1v) is 28.6. The van der Waals surface area contributed by atoms with Crippen LogP contribution in [0.2, 0.25) is 5.02 Å². The fourth-order valence-corrected chi connectivity index (χ4v) is 9.42. The predicted molar refractivity (Wildman–Crippen MR) is 320 cm³/mol. The van der Waals surface area contributed by atoms with E-state index >= 15 is 4.39 Å². The molecule has 7 heterocycles. The molecule has 0 bridgehead atoms. The van der Waals surface area contributed by atoms with Gasteiger partial charge in [-0.15, -0.1) is 5.10 Å². The van der Waals surface area contributed by atoms with Gasteiger partial charge in [0.25, 0.3) is 11.5 Å². The molecule has 6 aromatic heterocycles. The summed E-state index contributed by atoms with van der Waals surface area (Å²) >= 11 is 6.70. The minimum absolute atomic E-state index is 0.0397. The van der Waals surface area contributed by atoms with E-state index in [1.54, 1.807) is 53.9 Å². The summed E-state index contributed by atoms with van der Waals surface area (Å²) in [4.78, 5) is 86.5. The normalized spacial score (nSPS) is 13.1. The van der Waals surface area contributed by atoms with Gasteiger partial charge < -0.3 is 60.3 Å². The van der Waals surface area contributed by atoms with Crippen molar-refractivity contribution in [3.05, 3.63) is 134 Å². The summed E-state index contributed by atoms with van der Waals surface area (Å²) in [6, 6.07) is 11.9. The van der Waals surface area contributed by atoms with Crippen LogP contribution in [0.3, 0.4) is 0 Å². The Morgan fingerprint density at radius 1 is 0.831 bits per heavy atom. The van der Waals surface area contributed by atoms with E-state index in [9.17, 15) is 33.9 Å². The van der Waals surface area contributed by atoms with Crippen LogP contribution in [0.25, 0.3) is 33.5 Å². The van der Waals surface area contributed by atoms with Crippen LogP contribution >= 0.6 is 11.6 Å². The number of carboxylic acids is 1. The Morgan fingerprint density at radius 2 is 1.52 bits per heavy atom. The lowest BCUT2D eigenvalue weighted by Crippen LogP contribution is -2.50. The van der Waals surface area contributed by atoms with Crippen LogP contribution in [0.15, 0.2) is 78.1 Å². The number of nitrogens with one attached hydrogen (secondary N) is 4. The van der Waals surface area contributed by atoms with Gasteiger partial charge >= 0.3 is 5.97 Å². The van der Waals surface area contributed by atoms with E-state index in [4.69, 9.17) is 41.0 Å². The maximum atomic E-state index is 15.6. The van der Waals surface area contributed by atoms with Crippen LogP contribution in [0.4, 0.5) is 32.1 Å². The van der Waals surface area contributed by atoms with Crippen molar-refractivity contribution in [1.29, 1.82) is 5.26 Å². The van der Waals surface area contributed by atoms with Gasteiger partial charge in [-0.1, -0.05) is 16.8 Å². The highest BCUT2D eigenvalue weighted by Crippen LogP contribution is 2.37. The van der Waals surface area contributed by atoms with Crippen LogP contribution in [-0.2, 0) is 52.8 Å². The molecule has 7 N–H and O–H groups in total. The molecule has 1 aliphatic heterocycles. The number of nitrogens with zero attached hydrogens (tertiary/aromatic N) is 13. The number of piperazine rings is 1. The summed E-state index contributed by atoms with van der Waals surface area (Å²) < 4.78 is 60.0. The maximum Gasteiger partial charge on any atom is 0.326 e. The molecule has 2 amide bonds. The quantitative estimate of drug-likeness (QED) is 0.0327. The molecule has 0 radical (unpaired) electrons. The number of amides is 2. The number of carbonyl (C=O) groups excluding carboxylic acids is 2. The molecule has 28 nitrogen and oxygen atoms in total. The second-order valence-electron chi connectivity index (χ2n) is 20.2. The Kier molecular flexibility index (Phi) is 22.2. The number of pyridine rings is 2. The second-order valence-corrected chi connectivity index (χ2v) is 20.6. The number of H-pyrrole nitrogens is 1. The van der Waals surface area contributed by atoms with Crippen molar-refractivity contribution in [1.82, 2.24) is 65.1 Å². The SMILES string of the molecule is Cc1nc2cc(F)c(-c3cnc(N4CCN(C(=O)COCCOCCOCCOCCOCCn5cc(CC[C@H](NC(=O)c6ccc(NCc7cnc8nc(N)[nH]c(=O)c8n7)cc6)C(=O)O)nn5)CC4)nc3)nc2c(N[C@H](C)c2cc(C#N)ccc2F)c1Cl. The molecule has 89 heavy (non-hydrogen) atoms. The summed E-state index contributed by atoms with van der Waals surface area (Å²) in [5.41, 5.74) is 9.18. The highest BCUT2D eigenvalue weighted by molar-refractivity contribution is 6.35. The average molecular weight is 1250 g/mol. The monoisotopic (exact) mass is 1240 g/mol. The number of nitrogens with two attached hydrogens (primary N) is 1. The number of rotatable bonds is 31. The Bertz CT molecular complexity index is 3870. The van der Waals surface area contributed by atoms with Gasteiger partial charge in [0.1, 0.15) is 29.7 Å². The molecule has 0 unspecified atom stereocenters. The molecular formula is C58H63ClF2N18O10. The highest BCUT2D eigenvalue weighted by atomic mass is 35.5. The van der Waals surface area contributed by atoms with Crippen LogP contribution < -0.4 is 32.1 Å². The molecule has 9 rings (SSSR count).